The molecular formula is C27H42BrN3O6. The van der Waals surface area contributed by atoms with Gasteiger partial charge in [0.05, 0.1) is 6.42 Å². The van der Waals surface area contributed by atoms with Crippen molar-refractivity contribution in [2.24, 2.45) is 17.6 Å². The Morgan fingerprint density at radius 3 is 2.19 bits per heavy atom. The minimum Gasteiger partial charge on any atom is -0.480 e. The number of halogens is 1. The van der Waals surface area contributed by atoms with E-state index in [1.807, 2.05) is 45.0 Å². The second-order valence-electron chi connectivity index (χ2n) is 9.73. The molecule has 9 nitrogen and oxygen atoms in total. The molecule has 0 fully saturated rings. The molecule has 0 aliphatic heterocycles. The van der Waals surface area contributed by atoms with Crippen molar-refractivity contribution in [1.29, 1.82) is 0 Å². The fourth-order valence-electron chi connectivity index (χ4n) is 3.66. The van der Waals surface area contributed by atoms with Gasteiger partial charge in [-0.1, -0.05) is 75.0 Å². The lowest BCUT2D eigenvalue weighted by molar-refractivity contribution is -0.156. The average Bonchev–Trinajstić information content (AvgIpc) is 2.86. The third kappa shape index (κ3) is 11.6. The van der Waals surface area contributed by atoms with Crippen LogP contribution in [0.3, 0.4) is 0 Å². The molecular weight excluding hydrogens is 542 g/mol. The van der Waals surface area contributed by atoms with E-state index in [1.165, 1.54) is 6.92 Å². The molecule has 0 aliphatic carbocycles. The molecule has 0 heterocycles. The number of hydrogen-bond acceptors (Lipinski definition) is 6. The van der Waals surface area contributed by atoms with Crippen LogP contribution in [-0.4, -0.2) is 53.1 Å². The minimum atomic E-state index is -1.18. The number of unbranched alkanes of at least 4 members (excludes halogenated alkanes) is 1. The maximum absolute atomic E-state index is 13.1. The lowest BCUT2D eigenvalue weighted by atomic mass is 9.94. The van der Waals surface area contributed by atoms with Gasteiger partial charge < -0.3 is 26.2 Å². The van der Waals surface area contributed by atoms with Gasteiger partial charge in [0.15, 0.2) is 0 Å². The van der Waals surface area contributed by atoms with Crippen LogP contribution in [0.5, 0.6) is 0 Å². The lowest BCUT2D eigenvalue weighted by Crippen LogP contribution is -2.52. The summed E-state index contributed by atoms with van der Waals surface area (Å²) in [5.41, 5.74) is 6.84. The van der Waals surface area contributed by atoms with Crippen LogP contribution >= 0.6 is 15.9 Å². The first-order valence-corrected chi connectivity index (χ1v) is 13.7. The smallest absolute Gasteiger partial charge is 0.325 e. The Hall–Kier alpha value is -2.46. The van der Waals surface area contributed by atoms with Gasteiger partial charge in [0, 0.05) is 10.9 Å². The number of carbonyl (C=O) groups is 4. The highest BCUT2D eigenvalue weighted by atomic mass is 79.9. The zero-order chi connectivity index (χ0) is 28.1. The van der Waals surface area contributed by atoms with Crippen LogP contribution in [-0.2, 0) is 30.3 Å². The second-order valence-corrected chi connectivity index (χ2v) is 10.6. The molecule has 0 saturated carbocycles. The number of hydrogen-bond donors (Lipinski definition) is 4. The van der Waals surface area contributed by atoms with Crippen molar-refractivity contribution in [2.45, 2.75) is 97.4 Å². The first kappa shape index (κ1) is 32.6. The van der Waals surface area contributed by atoms with Gasteiger partial charge in [0.2, 0.25) is 11.8 Å². The van der Waals surface area contributed by atoms with Crippen LogP contribution in [0.2, 0.25) is 0 Å². The normalized spacial score (nSPS) is 16.0. The topological polar surface area (TPSA) is 148 Å². The highest BCUT2D eigenvalue weighted by Crippen LogP contribution is 2.20. The van der Waals surface area contributed by atoms with E-state index in [4.69, 9.17) is 10.5 Å². The average molecular weight is 585 g/mol. The van der Waals surface area contributed by atoms with Crippen molar-refractivity contribution in [1.82, 2.24) is 10.6 Å². The second kappa shape index (κ2) is 16.4. The SMILES string of the molecule is CCCC[C@H](C)[C@H](CC(=O)N[C@@H](Cc1ccc(Br)cc1)C(=O)N[C@@H](C)C(=O)O)OC(=O)[C@H](N)[C@@H](C)CC. The summed E-state index contributed by atoms with van der Waals surface area (Å²) in [6.45, 7) is 9.15. The fraction of sp³-hybridized carbons (Fsp3) is 0.630. The first-order chi connectivity index (χ1) is 17.4. The summed E-state index contributed by atoms with van der Waals surface area (Å²) in [4.78, 5) is 50.0. The predicted octanol–water partition coefficient (Wildman–Crippen LogP) is 3.57. The number of nitrogens with one attached hydrogen (secondary N) is 2. The van der Waals surface area contributed by atoms with Crippen molar-refractivity contribution in [2.75, 3.05) is 0 Å². The quantitative estimate of drug-likeness (QED) is 0.217. The summed E-state index contributed by atoms with van der Waals surface area (Å²) < 4.78 is 6.59. The summed E-state index contributed by atoms with van der Waals surface area (Å²) in [6.07, 6.45) is 2.67. The van der Waals surface area contributed by atoms with Crippen LogP contribution in [0.15, 0.2) is 28.7 Å². The van der Waals surface area contributed by atoms with Crippen LogP contribution in [0.4, 0.5) is 0 Å². The van der Waals surface area contributed by atoms with E-state index in [9.17, 15) is 24.3 Å². The Balaban J connectivity index is 3.05. The molecule has 6 atom stereocenters. The third-order valence-electron chi connectivity index (χ3n) is 6.56. The fourth-order valence-corrected chi connectivity index (χ4v) is 3.93. The van der Waals surface area contributed by atoms with Crippen LogP contribution in [0.25, 0.3) is 0 Å². The Kier molecular flexibility index (Phi) is 14.4. The van der Waals surface area contributed by atoms with E-state index >= 15 is 0 Å². The molecule has 1 rings (SSSR count). The molecule has 10 heteroatoms. The van der Waals surface area contributed by atoms with Crippen LogP contribution in [0.1, 0.15) is 72.3 Å². The molecule has 0 radical (unpaired) electrons. The molecule has 0 aliphatic rings. The molecule has 0 saturated heterocycles. The molecule has 1 aromatic rings. The van der Waals surface area contributed by atoms with E-state index < -0.39 is 48.0 Å². The number of ether oxygens (including phenoxy) is 1. The molecule has 0 spiro atoms. The van der Waals surface area contributed by atoms with Gasteiger partial charge in [0.25, 0.3) is 0 Å². The molecule has 0 unspecified atom stereocenters. The number of nitrogens with two attached hydrogens (primary N) is 1. The van der Waals surface area contributed by atoms with E-state index in [2.05, 4.69) is 33.5 Å². The number of esters is 1. The molecule has 5 N–H and O–H groups in total. The predicted molar refractivity (Wildman–Crippen MR) is 146 cm³/mol. The highest BCUT2D eigenvalue weighted by Gasteiger charge is 2.31. The summed E-state index contributed by atoms with van der Waals surface area (Å²) in [5, 5.41) is 14.3. The molecule has 0 bridgehead atoms. The maximum atomic E-state index is 13.1. The number of amides is 2. The van der Waals surface area contributed by atoms with E-state index in [0.29, 0.717) is 6.42 Å². The Labute approximate surface area is 228 Å². The Bertz CT molecular complexity index is 895. The summed E-state index contributed by atoms with van der Waals surface area (Å²) in [7, 11) is 0. The van der Waals surface area contributed by atoms with Crippen molar-refractivity contribution >= 4 is 39.7 Å². The number of benzene rings is 1. The number of carboxylic acids is 1. The Morgan fingerprint density at radius 2 is 1.65 bits per heavy atom. The number of rotatable bonds is 16. The summed E-state index contributed by atoms with van der Waals surface area (Å²) in [6, 6.07) is 4.33. The maximum Gasteiger partial charge on any atom is 0.325 e. The molecule has 2 amide bonds. The molecule has 37 heavy (non-hydrogen) atoms. The minimum absolute atomic E-state index is 0.0665. The largest absolute Gasteiger partial charge is 0.480 e. The van der Waals surface area contributed by atoms with E-state index in [0.717, 1.165) is 29.3 Å². The zero-order valence-corrected chi connectivity index (χ0v) is 24.0. The van der Waals surface area contributed by atoms with Crippen molar-refractivity contribution < 1.29 is 29.0 Å². The van der Waals surface area contributed by atoms with Gasteiger partial charge in [-0.25, -0.2) is 0 Å². The third-order valence-corrected chi connectivity index (χ3v) is 7.09. The monoisotopic (exact) mass is 583 g/mol. The van der Waals surface area contributed by atoms with Crippen molar-refractivity contribution in [3.63, 3.8) is 0 Å². The summed E-state index contributed by atoms with van der Waals surface area (Å²) in [5.74, 6) is -2.98. The standard InChI is InChI=1S/C27H42BrN3O6/c1-6-8-9-17(4)22(37-27(36)24(29)16(3)7-2)15-23(32)31-21(25(33)30-18(5)26(34)35)14-19-10-12-20(28)13-11-19/h10-13,16-18,21-22,24H,6-9,14-15,29H2,1-5H3,(H,30,33)(H,31,32)(H,34,35)/t16-,17-,18-,21-,22-,24+/m0/s1. The molecule has 1 aromatic carbocycles. The molecule has 0 aromatic heterocycles. The van der Waals surface area contributed by atoms with Gasteiger partial charge in [-0.15, -0.1) is 0 Å². The number of carbonyl (C=O) groups excluding carboxylic acids is 3. The van der Waals surface area contributed by atoms with Gasteiger partial charge in [0.1, 0.15) is 24.2 Å². The molecule has 208 valence electrons. The van der Waals surface area contributed by atoms with Crippen molar-refractivity contribution in [3.8, 4) is 0 Å². The van der Waals surface area contributed by atoms with Crippen molar-refractivity contribution in [3.05, 3.63) is 34.3 Å². The van der Waals surface area contributed by atoms with Crippen LogP contribution < -0.4 is 16.4 Å². The highest BCUT2D eigenvalue weighted by molar-refractivity contribution is 9.10. The van der Waals surface area contributed by atoms with Gasteiger partial charge in [-0.3, -0.25) is 19.2 Å². The van der Waals surface area contributed by atoms with E-state index in [-0.39, 0.29) is 24.7 Å². The summed E-state index contributed by atoms with van der Waals surface area (Å²) >= 11 is 3.37. The van der Waals surface area contributed by atoms with Gasteiger partial charge in [-0.2, -0.15) is 0 Å². The number of carboxylic acid groups (broad SMARTS) is 1. The Morgan fingerprint density at radius 1 is 1.03 bits per heavy atom. The van der Waals surface area contributed by atoms with Gasteiger partial charge in [-0.05, 0) is 42.9 Å². The lowest BCUT2D eigenvalue weighted by Gasteiger charge is -2.27. The van der Waals surface area contributed by atoms with E-state index in [1.54, 1.807) is 0 Å². The van der Waals surface area contributed by atoms with Gasteiger partial charge >= 0.3 is 11.9 Å². The zero-order valence-electron chi connectivity index (χ0n) is 22.5. The number of aliphatic carboxylic acids is 1. The first-order valence-electron chi connectivity index (χ1n) is 12.9. The van der Waals surface area contributed by atoms with Crippen LogP contribution in [0, 0.1) is 11.8 Å².